The number of hydrogen-bond donors (Lipinski definition) is 1. The van der Waals surface area contributed by atoms with Gasteiger partial charge in [-0.15, -0.1) is 0 Å². The van der Waals surface area contributed by atoms with Crippen LogP contribution >= 0.6 is 11.8 Å². The molecule has 0 atom stereocenters. The summed E-state index contributed by atoms with van der Waals surface area (Å²) >= 11 is 1.15. The predicted octanol–water partition coefficient (Wildman–Crippen LogP) is 4.08. The standard InChI is InChI=1S/C25H20N4O5S/c30-23(28-18-8-9-21-22(11-18)34-16-33-21)15-35-24-20(7-4-10-26-24)25(31)32-14-17-12-27-29(13-17)19-5-2-1-3-6-19/h1-13H,14-16H2,(H,28,30). The Kier molecular flexibility index (Phi) is 6.62. The molecule has 0 aliphatic carbocycles. The van der Waals surface area contributed by atoms with Gasteiger partial charge in [-0.05, 0) is 36.4 Å². The van der Waals surface area contributed by atoms with Gasteiger partial charge in [0.25, 0.3) is 0 Å². The van der Waals surface area contributed by atoms with Crippen LogP contribution in [0.15, 0.2) is 84.3 Å². The van der Waals surface area contributed by atoms with Gasteiger partial charge in [-0.25, -0.2) is 14.5 Å². The number of benzene rings is 2. The summed E-state index contributed by atoms with van der Waals surface area (Å²) in [6.07, 6.45) is 5.03. The largest absolute Gasteiger partial charge is 0.457 e. The molecule has 0 bridgehead atoms. The Bertz CT molecular complexity index is 1360. The van der Waals surface area contributed by atoms with Gasteiger partial charge in [0.05, 0.1) is 23.2 Å². The lowest BCUT2D eigenvalue weighted by Crippen LogP contribution is -2.15. The number of fused-ring (bicyclic) bond motifs is 1. The van der Waals surface area contributed by atoms with E-state index < -0.39 is 5.97 Å². The first-order valence-corrected chi connectivity index (χ1v) is 11.7. The summed E-state index contributed by atoms with van der Waals surface area (Å²) in [4.78, 5) is 29.4. The zero-order valence-corrected chi connectivity index (χ0v) is 19.2. The van der Waals surface area contributed by atoms with E-state index in [1.165, 1.54) is 0 Å². The molecular formula is C25H20N4O5S. The average Bonchev–Trinajstić information content (AvgIpc) is 3.56. The smallest absolute Gasteiger partial charge is 0.341 e. The van der Waals surface area contributed by atoms with Gasteiger partial charge in [-0.3, -0.25) is 4.79 Å². The third-order valence-corrected chi connectivity index (χ3v) is 6.02. The van der Waals surface area contributed by atoms with Gasteiger partial charge in [-0.2, -0.15) is 5.10 Å². The van der Waals surface area contributed by atoms with E-state index in [2.05, 4.69) is 15.4 Å². The Morgan fingerprint density at radius 2 is 1.91 bits per heavy atom. The maximum absolute atomic E-state index is 12.7. The van der Waals surface area contributed by atoms with Gasteiger partial charge < -0.3 is 19.5 Å². The Morgan fingerprint density at radius 3 is 2.80 bits per heavy atom. The minimum Gasteiger partial charge on any atom is -0.457 e. The fourth-order valence-corrected chi connectivity index (χ4v) is 4.13. The van der Waals surface area contributed by atoms with Crippen molar-refractivity contribution < 1.29 is 23.8 Å². The lowest BCUT2D eigenvalue weighted by Gasteiger charge is -2.09. The van der Waals surface area contributed by atoms with Crippen LogP contribution in [0.1, 0.15) is 15.9 Å². The molecule has 5 rings (SSSR count). The second-order valence-corrected chi connectivity index (χ2v) is 8.43. The number of ether oxygens (including phenoxy) is 3. The number of para-hydroxylation sites is 1. The Labute approximate surface area is 205 Å². The number of aromatic nitrogens is 3. The first-order valence-electron chi connectivity index (χ1n) is 10.7. The average molecular weight is 489 g/mol. The molecule has 35 heavy (non-hydrogen) atoms. The van der Waals surface area contributed by atoms with E-state index in [1.807, 2.05) is 36.5 Å². The fourth-order valence-electron chi connectivity index (χ4n) is 3.35. The molecular weight excluding hydrogens is 468 g/mol. The molecule has 9 nitrogen and oxygen atoms in total. The summed E-state index contributed by atoms with van der Waals surface area (Å²) in [5.41, 5.74) is 2.55. The number of amides is 1. The van der Waals surface area contributed by atoms with Crippen molar-refractivity contribution >= 4 is 29.3 Å². The molecule has 10 heteroatoms. The Morgan fingerprint density at radius 1 is 1.06 bits per heavy atom. The van der Waals surface area contributed by atoms with Crippen molar-refractivity contribution in [1.82, 2.24) is 14.8 Å². The molecule has 4 aromatic rings. The first kappa shape index (κ1) is 22.5. The SMILES string of the molecule is O=C(CSc1ncccc1C(=O)OCc1cnn(-c2ccccc2)c1)Nc1ccc2c(c1)OCO2. The van der Waals surface area contributed by atoms with Gasteiger partial charge in [0, 0.05) is 29.7 Å². The summed E-state index contributed by atoms with van der Waals surface area (Å²) in [7, 11) is 0. The lowest BCUT2D eigenvalue weighted by molar-refractivity contribution is -0.113. The van der Waals surface area contributed by atoms with E-state index >= 15 is 0 Å². The summed E-state index contributed by atoms with van der Waals surface area (Å²) < 4.78 is 17.8. The van der Waals surface area contributed by atoms with Crippen molar-refractivity contribution in [3.8, 4) is 17.2 Å². The maximum atomic E-state index is 12.7. The Balaban J connectivity index is 1.17. The van der Waals surface area contributed by atoms with Gasteiger partial charge in [0.2, 0.25) is 12.7 Å². The van der Waals surface area contributed by atoms with Crippen molar-refractivity contribution in [2.45, 2.75) is 11.6 Å². The number of rotatable bonds is 8. The van der Waals surface area contributed by atoms with Crippen LogP contribution in [0.2, 0.25) is 0 Å². The molecule has 1 N–H and O–H groups in total. The number of esters is 1. The van der Waals surface area contributed by atoms with Gasteiger partial charge >= 0.3 is 5.97 Å². The predicted molar refractivity (Wildman–Crippen MR) is 129 cm³/mol. The number of nitrogens with zero attached hydrogens (tertiary/aromatic N) is 3. The molecule has 2 aromatic carbocycles. The van der Waals surface area contributed by atoms with Crippen LogP contribution in [0, 0.1) is 0 Å². The van der Waals surface area contributed by atoms with E-state index in [0.29, 0.717) is 27.8 Å². The second-order valence-electron chi connectivity index (χ2n) is 7.47. The minimum absolute atomic E-state index is 0.0647. The zero-order chi connectivity index (χ0) is 24.0. The molecule has 0 unspecified atom stereocenters. The molecule has 1 aliphatic rings. The molecule has 1 amide bonds. The number of thioether (sulfide) groups is 1. The summed E-state index contributed by atoms with van der Waals surface area (Å²) in [5.74, 6) is 0.521. The first-order chi connectivity index (χ1) is 17.2. The van der Waals surface area contributed by atoms with Crippen LogP contribution < -0.4 is 14.8 Å². The zero-order valence-electron chi connectivity index (χ0n) is 18.4. The maximum Gasteiger partial charge on any atom is 0.341 e. The quantitative estimate of drug-likeness (QED) is 0.292. The molecule has 3 heterocycles. The molecule has 0 saturated heterocycles. The number of nitrogens with one attached hydrogen (secondary N) is 1. The molecule has 0 saturated carbocycles. The van der Waals surface area contributed by atoms with Crippen LogP contribution in [-0.2, 0) is 16.1 Å². The third-order valence-electron chi connectivity index (χ3n) is 5.01. The highest BCUT2D eigenvalue weighted by Crippen LogP contribution is 2.34. The van der Waals surface area contributed by atoms with Crippen LogP contribution in [-0.4, -0.2) is 39.2 Å². The van der Waals surface area contributed by atoms with Crippen molar-refractivity contribution in [3.63, 3.8) is 0 Å². The molecule has 2 aromatic heterocycles. The van der Waals surface area contributed by atoms with Crippen molar-refractivity contribution in [3.05, 3.63) is 90.4 Å². The summed E-state index contributed by atoms with van der Waals surface area (Å²) in [5, 5.41) is 7.53. The third kappa shape index (κ3) is 5.44. The topological polar surface area (TPSA) is 105 Å². The summed E-state index contributed by atoms with van der Waals surface area (Å²) in [6, 6.07) is 18.1. The van der Waals surface area contributed by atoms with E-state index in [9.17, 15) is 9.59 Å². The van der Waals surface area contributed by atoms with E-state index in [1.54, 1.807) is 47.4 Å². The number of hydrogen-bond acceptors (Lipinski definition) is 8. The van der Waals surface area contributed by atoms with Crippen molar-refractivity contribution in [1.29, 1.82) is 0 Å². The molecule has 0 spiro atoms. The van der Waals surface area contributed by atoms with E-state index in [4.69, 9.17) is 14.2 Å². The summed E-state index contributed by atoms with van der Waals surface area (Å²) in [6.45, 7) is 0.228. The molecule has 0 fully saturated rings. The lowest BCUT2D eigenvalue weighted by atomic mass is 10.3. The van der Waals surface area contributed by atoms with Crippen LogP contribution in [0.25, 0.3) is 5.69 Å². The highest BCUT2D eigenvalue weighted by Gasteiger charge is 2.17. The van der Waals surface area contributed by atoms with Gasteiger partial charge in [0.15, 0.2) is 11.5 Å². The molecule has 1 aliphatic heterocycles. The molecule has 176 valence electrons. The van der Waals surface area contributed by atoms with Crippen LogP contribution in [0.5, 0.6) is 11.5 Å². The fraction of sp³-hybridized carbons (Fsp3) is 0.120. The normalized spacial score (nSPS) is 11.8. The van der Waals surface area contributed by atoms with Gasteiger partial charge in [0.1, 0.15) is 11.6 Å². The van der Waals surface area contributed by atoms with Gasteiger partial charge in [-0.1, -0.05) is 30.0 Å². The van der Waals surface area contributed by atoms with Crippen molar-refractivity contribution in [2.75, 3.05) is 17.9 Å². The molecule has 0 radical (unpaired) electrons. The van der Waals surface area contributed by atoms with E-state index in [0.717, 1.165) is 23.0 Å². The number of anilines is 1. The number of pyridine rings is 1. The number of carbonyl (C=O) groups is 2. The minimum atomic E-state index is -0.524. The second kappa shape index (κ2) is 10.3. The Hall–Kier alpha value is -4.31. The van der Waals surface area contributed by atoms with E-state index in [-0.39, 0.29) is 25.1 Å². The van der Waals surface area contributed by atoms with Crippen molar-refractivity contribution in [2.24, 2.45) is 0 Å². The highest BCUT2D eigenvalue weighted by molar-refractivity contribution is 8.00. The van der Waals surface area contributed by atoms with Crippen LogP contribution in [0.3, 0.4) is 0 Å². The highest BCUT2D eigenvalue weighted by atomic mass is 32.2. The van der Waals surface area contributed by atoms with Crippen LogP contribution in [0.4, 0.5) is 5.69 Å². The number of carbonyl (C=O) groups excluding carboxylic acids is 2. The monoisotopic (exact) mass is 488 g/mol.